The first-order valence-corrected chi connectivity index (χ1v) is 8.37. The van der Waals surface area contributed by atoms with Crippen molar-refractivity contribution in [2.45, 2.75) is 12.5 Å². The monoisotopic (exact) mass is 346 g/mol. The summed E-state index contributed by atoms with van der Waals surface area (Å²) in [6.45, 7) is 0.468. The molecule has 0 saturated heterocycles. The first-order valence-electron chi connectivity index (χ1n) is 7.50. The van der Waals surface area contributed by atoms with E-state index in [9.17, 15) is 9.59 Å². The maximum Gasteiger partial charge on any atom is 0.333 e. The second-order valence-corrected chi connectivity index (χ2v) is 6.33. The lowest BCUT2D eigenvalue weighted by molar-refractivity contribution is -0.146. The summed E-state index contributed by atoms with van der Waals surface area (Å²) in [5.74, 6) is 0.278. The van der Waals surface area contributed by atoms with Crippen LogP contribution >= 0.6 is 11.3 Å². The van der Waals surface area contributed by atoms with Gasteiger partial charge in [-0.3, -0.25) is 0 Å². The van der Waals surface area contributed by atoms with Crippen LogP contribution in [0, 0.1) is 0 Å². The number of thiophene rings is 1. The molecule has 0 fully saturated rings. The number of carbonyl (C=O) groups excluding carboxylic acids is 2. The van der Waals surface area contributed by atoms with Crippen LogP contribution < -0.4 is 10.1 Å². The molecule has 1 unspecified atom stereocenters. The zero-order chi connectivity index (χ0) is 17.1. The van der Waals surface area contributed by atoms with E-state index in [1.54, 1.807) is 42.7 Å². The molecule has 0 spiro atoms. The van der Waals surface area contributed by atoms with Crippen molar-refractivity contribution in [2.75, 3.05) is 26.1 Å². The molecular formula is C17H18N2O4S. The largest absolute Gasteiger partial charge is 0.497 e. The van der Waals surface area contributed by atoms with Crippen molar-refractivity contribution in [2.24, 2.45) is 0 Å². The van der Waals surface area contributed by atoms with Gasteiger partial charge >= 0.3 is 12.0 Å². The van der Waals surface area contributed by atoms with Crippen molar-refractivity contribution in [1.82, 2.24) is 4.90 Å². The van der Waals surface area contributed by atoms with Crippen molar-refractivity contribution in [3.05, 3.63) is 46.2 Å². The van der Waals surface area contributed by atoms with Crippen molar-refractivity contribution >= 4 is 29.0 Å². The van der Waals surface area contributed by atoms with Gasteiger partial charge in [0.2, 0.25) is 0 Å². The van der Waals surface area contributed by atoms with Crippen molar-refractivity contribution in [1.29, 1.82) is 0 Å². The average molecular weight is 346 g/mol. The number of ether oxygens (including phenoxy) is 2. The SMILES string of the molecule is COC(=O)C1c2ccsc2CCN1C(=O)Nc1ccc(OC)cc1. The third kappa shape index (κ3) is 3.07. The summed E-state index contributed by atoms with van der Waals surface area (Å²) < 4.78 is 10.0. The number of carbonyl (C=O) groups is 2. The highest BCUT2D eigenvalue weighted by Gasteiger charge is 2.37. The number of amides is 2. The molecule has 3 rings (SSSR count). The van der Waals surface area contributed by atoms with Gasteiger partial charge in [-0.2, -0.15) is 0 Å². The number of benzene rings is 1. The zero-order valence-electron chi connectivity index (χ0n) is 13.4. The summed E-state index contributed by atoms with van der Waals surface area (Å²) in [5.41, 5.74) is 1.49. The normalized spacial score (nSPS) is 16.2. The number of nitrogens with zero attached hydrogens (tertiary/aromatic N) is 1. The van der Waals surface area contributed by atoms with Crippen LogP contribution in [0.25, 0.3) is 0 Å². The zero-order valence-corrected chi connectivity index (χ0v) is 14.3. The van der Waals surface area contributed by atoms with Crippen LogP contribution in [0.4, 0.5) is 10.5 Å². The summed E-state index contributed by atoms with van der Waals surface area (Å²) in [7, 11) is 2.92. The number of esters is 1. The minimum Gasteiger partial charge on any atom is -0.497 e. The fraction of sp³-hybridized carbons (Fsp3) is 0.294. The van der Waals surface area contributed by atoms with E-state index >= 15 is 0 Å². The lowest BCUT2D eigenvalue weighted by Gasteiger charge is -2.33. The van der Waals surface area contributed by atoms with Crippen LogP contribution in [-0.4, -0.2) is 37.7 Å². The van der Waals surface area contributed by atoms with Gasteiger partial charge < -0.3 is 19.7 Å². The maximum absolute atomic E-state index is 12.7. The van der Waals surface area contributed by atoms with E-state index in [-0.39, 0.29) is 6.03 Å². The molecule has 1 aromatic heterocycles. The molecule has 6 nitrogen and oxygen atoms in total. The molecule has 0 saturated carbocycles. The topological polar surface area (TPSA) is 67.9 Å². The molecule has 2 heterocycles. The quantitative estimate of drug-likeness (QED) is 0.868. The Labute approximate surface area is 144 Å². The van der Waals surface area contributed by atoms with Crippen molar-refractivity contribution in [3.8, 4) is 5.75 Å². The predicted molar refractivity (Wildman–Crippen MR) is 91.5 cm³/mol. The lowest BCUT2D eigenvalue weighted by Crippen LogP contribution is -2.45. The highest BCUT2D eigenvalue weighted by molar-refractivity contribution is 7.10. The standard InChI is InChI=1S/C17H18N2O4S/c1-22-12-5-3-11(4-6-12)18-17(21)19-9-7-14-13(8-10-24-14)15(19)16(20)23-2/h3-6,8,10,15H,7,9H2,1-2H3,(H,18,21). The Morgan fingerprint density at radius 2 is 1.96 bits per heavy atom. The van der Waals surface area contributed by atoms with Crippen molar-refractivity contribution in [3.63, 3.8) is 0 Å². The molecule has 0 bridgehead atoms. The van der Waals surface area contributed by atoms with E-state index < -0.39 is 12.0 Å². The Bertz CT molecular complexity index is 741. The summed E-state index contributed by atoms with van der Waals surface area (Å²) >= 11 is 1.60. The molecule has 1 aromatic carbocycles. The van der Waals surface area contributed by atoms with Gasteiger partial charge in [0, 0.05) is 17.1 Å². The molecule has 0 radical (unpaired) electrons. The number of anilines is 1. The average Bonchev–Trinajstić information content (AvgIpc) is 3.09. The highest BCUT2D eigenvalue weighted by Crippen LogP contribution is 2.34. The molecule has 7 heteroatoms. The van der Waals surface area contributed by atoms with E-state index in [1.165, 1.54) is 12.0 Å². The number of hydrogen-bond donors (Lipinski definition) is 1. The second-order valence-electron chi connectivity index (χ2n) is 5.33. The summed E-state index contributed by atoms with van der Waals surface area (Å²) in [6.07, 6.45) is 0.733. The summed E-state index contributed by atoms with van der Waals surface area (Å²) in [4.78, 5) is 27.5. The van der Waals surface area contributed by atoms with Gasteiger partial charge in [0.25, 0.3) is 0 Å². The van der Waals surface area contributed by atoms with Gasteiger partial charge in [0.05, 0.1) is 14.2 Å². The van der Waals surface area contributed by atoms with E-state index in [2.05, 4.69) is 5.32 Å². The van der Waals surface area contributed by atoms with Gasteiger partial charge in [0.1, 0.15) is 5.75 Å². The van der Waals surface area contributed by atoms with E-state index in [0.717, 1.165) is 16.9 Å². The maximum atomic E-state index is 12.7. The van der Waals surface area contributed by atoms with E-state index in [4.69, 9.17) is 9.47 Å². The van der Waals surface area contributed by atoms with E-state index in [1.807, 2.05) is 11.4 Å². The van der Waals surface area contributed by atoms with Crippen LogP contribution in [0.3, 0.4) is 0 Å². The molecule has 2 amide bonds. The van der Waals surface area contributed by atoms with Crippen LogP contribution in [0.15, 0.2) is 35.7 Å². The molecule has 2 aromatic rings. The number of hydrogen-bond acceptors (Lipinski definition) is 5. The van der Waals surface area contributed by atoms with Gasteiger partial charge in [-0.05, 0) is 47.7 Å². The summed E-state index contributed by atoms with van der Waals surface area (Å²) in [6, 6.07) is 7.89. The summed E-state index contributed by atoms with van der Waals surface area (Å²) in [5, 5.41) is 4.76. The fourth-order valence-corrected chi connectivity index (χ4v) is 3.67. The lowest BCUT2D eigenvalue weighted by atomic mass is 10.0. The smallest absolute Gasteiger partial charge is 0.333 e. The van der Waals surface area contributed by atoms with Crippen LogP contribution in [0.2, 0.25) is 0 Å². The molecule has 24 heavy (non-hydrogen) atoms. The number of nitrogens with one attached hydrogen (secondary N) is 1. The molecule has 1 atom stereocenters. The number of fused-ring (bicyclic) bond motifs is 1. The van der Waals surface area contributed by atoms with Crippen LogP contribution in [-0.2, 0) is 16.0 Å². The van der Waals surface area contributed by atoms with Gasteiger partial charge in [-0.1, -0.05) is 0 Å². The Morgan fingerprint density at radius 3 is 2.62 bits per heavy atom. The van der Waals surface area contributed by atoms with E-state index in [0.29, 0.717) is 18.0 Å². The minimum atomic E-state index is -0.705. The van der Waals surface area contributed by atoms with Gasteiger partial charge in [-0.15, -0.1) is 11.3 Å². The first-order chi connectivity index (χ1) is 11.6. The molecular weight excluding hydrogens is 328 g/mol. The Morgan fingerprint density at radius 1 is 1.21 bits per heavy atom. The predicted octanol–water partition coefficient (Wildman–Crippen LogP) is 3.06. The fourth-order valence-electron chi connectivity index (χ4n) is 2.77. The first kappa shape index (κ1) is 16.3. The number of methoxy groups -OCH3 is 2. The van der Waals surface area contributed by atoms with Crippen LogP contribution in [0.1, 0.15) is 16.5 Å². The molecule has 1 aliphatic heterocycles. The molecule has 1 N–H and O–H groups in total. The number of urea groups is 1. The third-order valence-electron chi connectivity index (χ3n) is 3.99. The Hall–Kier alpha value is -2.54. The molecule has 1 aliphatic rings. The third-order valence-corrected chi connectivity index (χ3v) is 4.99. The molecule has 0 aliphatic carbocycles. The van der Waals surface area contributed by atoms with Crippen molar-refractivity contribution < 1.29 is 19.1 Å². The van der Waals surface area contributed by atoms with Gasteiger partial charge in [0.15, 0.2) is 6.04 Å². The minimum absolute atomic E-state index is 0.326. The Balaban J connectivity index is 1.81. The highest BCUT2D eigenvalue weighted by atomic mass is 32.1. The number of rotatable bonds is 3. The molecule has 126 valence electrons. The van der Waals surface area contributed by atoms with Crippen LogP contribution in [0.5, 0.6) is 5.75 Å². The Kier molecular flexibility index (Phi) is 4.71. The van der Waals surface area contributed by atoms with Gasteiger partial charge in [-0.25, -0.2) is 9.59 Å². The second kappa shape index (κ2) is 6.92.